The van der Waals surface area contributed by atoms with Crippen molar-refractivity contribution in [1.82, 2.24) is 4.90 Å². The van der Waals surface area contributed by atoms with Gasteiger partial charge in [-0.15, -0.1) is 0 Å². The van der Waals surface area contributed by atoms with E-state index in [-0.39, 0.29) is 23.8 Å². The fourth-order valence-corrected chi connectivity index (χ4v) is 3.12. The van der Waals surface area contributed by atoms with Crippen LogP contribution in [0.3, 0.4) is 0 Å². The third kappa shape index (κ3) is 4.40. The van der Waals surface area contributed by atoms with E-state index >= 15 is 0 Å². The molecule has 2 atom stereocenters. The van der Waals surface area contributed by atoms with Gasteiger partial charge in [-0.25, -0.2) is 4.79 Å². The lowest BCUT2D eigenvalue weighted by molar-refractivity contribution is -0.136. The number of hydrogen-bond donors (Lipinski definition) is 0. The second-order valence-electron chi connectivity index (χ2n) is 6.39. The van der Waals surface area contributed by atoms with Crippen molar-refractivity contribution in [2.24, 2.45) is 11.8 Å². The Bertz CT molecular complexity index is 591. The maximum atomic E-state index is 12.4. The first-order valence-corrected chi connectivity index (χ1v) is 8.11. The maximum Gasteiger partial charge on any atom is 0.341 e. The summed E-state index contributed by atoms with van der Waals surface area (Å²) in [6.45, 7) is 5.67. The van der Waals surface area contributed by atoms with Gasteiger partial charge in [0, 0.05) is 19.2 Å². The van der Waals surface area contributed by atoms with Crippen LogP contribution in [0.25, 0.3) is 0 Å². The van der Waals surface area contributed by atoms with E-state index in [1.165, 1.54) is 14.2 Å². The Labute approximate surface area is 142 Å². The Morgan fingerprint density at radius 1 is 1.17 bits per heavy atom. The van der Waals surface area contributed by atoms with Gasteiger partial charge in [0.25, 0.3) is 5.91 Å². The lowest BCUT2D eigenvalue weighted by atomic mass is 9.92. The number of carbonyl (C=O) groups is 2. The number of ether oxygens (including phenoxy) is 3. The number of rotatable bonds is 5. The topological polar surface area (TPSA) is 65.1 Å². The summed E-state index contributed by atoms with van der Waals surface area (Å²) in [4.78, 5) is 26.1. The summed E-state index contributed by atoms with van der Waals surface area (Å²) in [6, 6.07) is 4.80. The summed E-state index contributed by atoms with van der Waals surface area (Å²) in [7, 11) is 2.83. The van der Waals surface area contributed by atoms with Crippen LogP contribution in [0.15, 0.2) is 18.2 Å². The molecule has 1 aliphatic rings. The molecule has 0 N–H and O–H groups in total. The number of methoxy groups -OCH3 is 2. The van der Waals surface area contributed by atoms with Crippen LogP contribution in [0, 0.1) is 11.8 Å². The van der Waals surface area contributed by atoms with Crippen LogP contribution < -0.4 is 9.47 Å². The summed E-state index contributed by atoms with van der Waals surface area (Å²) in [5.74, 6) is 1.21. The lowest BCUT2D eigenvalue weighted by Crippen LogP contribution is -2.44. The smallest absolute Gasteiger partial charge is 0.341 e. The lowest BCUT2D eigenvalue weighted by Gasteiger charge is -2.34. The van der Waals surface area contributed by atoms with Crippen LogP contribution in [-0.2, 0) is 9.53 Å². The average Bonchev–Trinajstić information content (AvgIpc) is 2.57. The van der Waals surface area contributed by atoms with Gasteiger partial charge >= 0.3 is 5.97 Å². The maximum absolute atomic E-state index is 12.4. The fourth-order valence-electron chi connectivity index (χ4n) is 3.12. The second-order valence-corrected chi connectivity index (χ2v) is 6.39. The summed E-state index contributed by atoms with van der Waals surface area (Å²) in [6.07, 6.45) is 1.13. The summed E-state index contributed by atoms with van der Waals surface area (Å²) in [5, 5.41) is 0. The van der Waals surface area contributed by atoms with E-state index in [1.54, 1.807) is 18.2 Å². The van der Waals surface area contributed by atoms with Crippen LogP contribution in [0.4, 0.5) is 0 Å². The molecule has 1 heterocycles. The van der Waals surface area contributed by atoms with E-state index in [0.717, 1.165) is 19.5 Å². The van der Waals surface area contributed by atoms with Crippen molar-refractivity contribution in [3.63, 3.8) is 0 Å². The number of nitrogens with zero attached hydrogens (tertiary/aromatic N) is 1. The van der Waals surface area contributed by atoms with Gasteiger partial charge in [0.1, 0.15) is 17.1 Å². The Morgan fingerprint density at radius 2 is 1.83 bits per heavy atom. The first-order chi connectivity index (χ1) is 11.4. The molecule has 0 bridgehead atoms. The molecule has 0 radical (unpaired) electrons. The molecule has 1 aromatic rings. The van der Waals surface area contributed by atoms with Crippen molar-refractivity contribution < 1.29 is 23.8 Å². The monoisotopic (exact) mass is 335 g/mol. The van der Waals surface area contributed by atoms with Crippen LogP contribution >= 0.6 is 0 Å². The quantitative estimate of drug-likeness (QED) is 0.773. The molecule has 24 heavy (non-hydrogen) atoms. The number of hydrogen-bond acceptors (Lipinski definition) is 5. The van der Waals surface area contributed by atoms with Gasteiger partial charge in [-0.05, 0) is 30.4 Å². The molecule has 1 fully saturated rings. The minimum Gasteiger partial charge on any atom is -0.497 e. The van der Waals surface area contributed by atoms with Crippen molar-refractivity contribution in [2.45, 2.75) is 20.3 Å². The van der Waals surface area contributed by atoms with Crippen molar-refractivity contribution in [3.05, 3.63) is 23.8 Å². The standard InChI is InChI=1S/C18H25NO5/c1-12-7-13(2)10-19(9-12)17(20)11-24-16-8-14(22-3)5-6-15(16)18(21)23-4/h5-6,8,12-13H,7,9-11H2,1-4H3/t12-,13+. The van der Waals surface area contributed by atoms with Crippen LogP contribution in [0.2, 0.25) is 0 Å². The Morgan fingerprint density at radius 3 is 2.42 bits per heavy atom. The molecule has 0 spiro atoms. The molecule has 132 valence electrons. The van der Waals surface area contributed by atoms with Gasteiger partial charge in [-0.2, -0.15) is 0 Å². The highest BCUT2D eigenvalue weighted by atomic mass is 16.5. The predicted octanol–water partition coefficient (Wildman–Crippen LogP) is 2.37. The van der Waals surface area contributed by atoms with Crippen LogP contribution in [0.5, 0.6) is 11.5 Å². The highest BCUT2D eigenvalue weighted by Gasteiger charge is 2.26. The highest BCUT2D eigenvalue weighted by molar-refractivity contribution is 5.92. The summed E-state index contributed by atoms with van der Waals surface area (Å²) >= 11 is 0. The molecule has 1 aromatic carbocycles. The zero-order valence-electron chi connectivity index (χ0n) is 14.7. The summed E-state index contributed by atoms with van der Waals surface area (Å²) < 4.78 is 15.5. The molecule has 0 aromatic heterocycles. The van der Waals surface area contributed by atoms with Crippen molar-refractivity contribution in [3.8, 4) is 11.5 Å². The number of amides is 1. The minimum atomic E-state index is -0.514. The van der Waals surface area contributed by atoms with Crippen molar-refractivity contribution in [2.75, 3.05) is 33.9 Å². The first kappa shape index (κ1) is 18.1. The molecule has 0 unspecified atom stereocenters. The van der Waals surface area contributed by atoms with Crippen molar-refractivity contribution in [1.29, 1.82) is 0 Å². The number of likely N-dealkylation sites (tertiary alicyclic amines) is 1. The van der Waals surface area contributed by atoms with E-state index in [1.807, 2.05) is 4.90 Å². The Hall–Kier alpha value is -2.24. The number of carbonyl (C=O) groups excluding carboxylic acids is 2. The number of esters is 1. The highest BCUT2D eigenvalue weighted by Crippen LogP contribution is 2.26. The minimum absolute atomic E-state index is 0.0768. The van der Waals surface area contributed by atoms with Gasteiger partial charge in [-0.1, -0.05) is 13.8 Å². The molecule has 1 amide bonds. The number of benzene rings is 1. The fraction of sp³-hybridized carbons (Fsp3) is 0.556. The first-order valence-electron chi connectivity index (χ1n) is 8.11. The zero-order valence-corrected chi connectivity index (χ0v) is 14.7. The third-order valence-electron chi connectivity index (χ3n) is 4.17. The molecule has 1 aliphatic heterocycles. The largest absolute Gasteiger partial charge is 0.497 e. The van der Waals surface area contributed by atoms with E-state index in [0.29, 0.717) is 17.6 Å². The average molecular weight is 335 g/mol. The second kappa shape index (κ2) is 8.04. The van der Waals surface area contributed by atoms with E-state index in [9.17, 15) is 9.59 Å². The molecule has 0 saturated carbocycles. The zero-order chi connectivity index (χ0) is 17.7. The summed E-state index contributed by atoms with van der Waals surface area (Å²) in [5.41, 5.74) is 0.270. The van der Waals surface area contributed by atoms with Crippen LogP contribution in [0.1, 0.15) is 30.6 Å². The van der Waals surface area contributed by atoms with E-state index in [4.69, 9.17) is 14.2 Å². The molecular formula is C18H25NO5. The number of piperidine rings is 1. The van der Waals surface area contributed by atoms with Gasteiger partial charge in [0.15, 0.2) is 6.61 Å². The van der Waals surface area contributed by atoms with E-state index in [2.05, 4.69) is 13.8 Å². The molecule has 0 aliphatic carbocycles. The van der Waals surface area contributed by atoms with Crippen LogP contribution in [-0.4, -0.2) is 50.7 Å². The van der Waals surface area contributed by atoms with E-state index < -0.39 is 5.97 Å². The molecule has 6 heteroatoms. The van der Waals surface area contributed by atoms with Gasteiger partial charge in [-0.3, -0.25) is 4.79 Å². The van der Waals surface area contributed by atoms with Gasteiger partial charge < -0.3 is 19.1 Å². The van der Waals surface area contributed by atoms with Gasteiger partial charge in [0.2, 0.25) is 0 Å². The normalized spacial score (nSPS) is 20.4. The van der Waals surface area contributed by atoms with Gasteiger partial charge in [0.05, 0.1) is 14.2 Å². The third-order valence-corrected chi connectivity index (χ3v) is 4.17. The predicted molar refractivity (Wildman–Crippen MR) is 89.4 cm³/mol. The molecule has 2 rings (SSSR count). The molecule has 1 saturated heterocycles. The molecular weight excluding hydrogens is 310 g/mol. The Kier molecular flexibility index (Phi) is 6.06. The SMILES string of the molecule is COC(=O)c1ccc(OC)cc1OCC(=O)N1C[C@H](C)C[C@H](C)C1. The Balaban J connectivity index is 2.07. The molecule has 6 nitrogen and oxygen atoms in total. The van der Waals surface area contributed by atoms with Crippen molar-refractivity contribution >= 4 is 11.9 Å².